The fraction of sp³-hybridized carbons (Fsp3) is 0.105. The van der Waals surface area contributed by atoms with Gasteiger partial charge in [0.1, 0.15) is 0 Å². The third kappa shape index (κ3) is 6.12. The second-order valence-electron chi connectivity index (χ2n) is 5.59. The highest BCUT2D eigenvalue weighted by Crippen LogP contribution is 2.16. The van der Waals surface area contributed by atoms with Crippen molar-refractivity contribution in [1.82, 2.24) is 4.98 Å². The maximum absolute atomic E-state index is 12.0. The highest BCUT2D eigenvalue weighted by molar-refractivity contribution is 7.13. The van der Waals surface area contributed by atoms with Gasteiger partial charge in [-0.15, -0.1) is 11.3 Å². The number of rotatable bonds is 7. The molecule has 0 spiro atoms. The molecule has 7 nitrogen and oxygen atoms in total. The van der Waals surface area contributed by atoms with Gasteiger partial charge < -0.3 is 21.3 Å². The number of aromatic nitrogens is 1. The van der Waals surface area contributed by atoms with Crippen molar-refractivity contribution in [1.29, 1.82) is 0 Å². The fourth-order valence-corrected chi connectivity index (χ4v) is 2.86. The second kappa shape index (κ2) is 9.35. The van der Waals surface area contributed by atoms with E-state index in [0.717, 1.165) is 5.13 Å². The smallest absolute Gasteiger partial charge is 0.323 e. The lowest BCUT2D eigenvalue weighted by Gasteiger charge is -2.10. The Kier molecular flexibility index (Phi) is 6.37. The van der Waals surface area contributed by atoms with Crippen LogP contribution < -0.4 is 21.3 Å². The van der Waals surface area contributed by atoms with E-state index in [-0.39, 0.29) is 11.9 Å². The molecule has 1 aromatic heterocycles. The number of carbonyl (C=O) groups is 2. The van der Waals surface area contributed by atoms with E-state index in [4.69, 9.17) is 0 Å². The number of hydrogen-bond donors (Lipinski definition) is 4. The largest absolute Gasteiger partial charge is 0.361 e. The number of nitrogens with one attached hydrogen (secondary N) is 4. The van der Waals surface area contributed by atoms with Gasteiger partial charge in [-0.3, -0.25) is 4.79 Å². The number of urea groups is 1. The van der Waals surface area contributed by atoms with Crippen LogP contribution in [0.25, 0.3) is 0 Å². The summed E-state index contributed by atoms with van der Waals surface area (Å²) in [7, 11) is 0. The van der Waals surface area contributed by atoms with Crippen molar-refractivity contribution >= 4 is 45.5 Å². The topological polar surface area (TPSA) is 95.2 Å². The molecule has 27 heavy (non-hydrogen) atoms. The molecule has 8 heteroatoms. The van der Waals surface area contributed by atoms with E-state index in [9.17, 15) is 9.59 Å². The number of thiazole rings is 1. The molecule has 0 aliphatic rings. The fourth-order valence-electron chi connectivity index (χ4n) is 2.31. The van der Waals surface area contributed by atoms with Crippen LogP contribution in [0.1, 0.15) is 6.42 Å². The van der Waals surface area contributed by atoms with Crippen molar-refractivity contribution in [3.63, 3.8) is 0 Å². The monoisotopic (exact) mass is 381 g/mol. The Hall–Kier alpha value is -3.39. The van der Waals surface area contributed by atoms with Gasteiger partial charge in [0.25, 0.3) is 0 Å². The van der Waals surface area contributed by atoms with Crippen LogP contribution >= 0.6 is 11.3 Å². The summed E-state index contributed by atoms with van der Waals surface area (Å²) in [6, 6.07) is 15.8. The van der Waals surface area contributed by atoms with E-state index in [1.165, 1.54) is 11.3 Å². The molecule has 0 unspecified atom stereocenters. The minimum absolute atomic E-state index is 0.120. The summed E-state index contributed by atoms with van der Waals surface area (Å²) in [5.41, 5.74) is 1.90. The third-order valence-electron chi connectivity index (χ3n) is 3.50. The molecule has 1 heterocycles. The van der Waals surface area contributed by atoms with Gasteiger partial charge >= 0.3 is 6.03 Å². The van der Waals surface area contributed by atoms with Gasteiger partial charge in [0.05, 0.1) is 0 Å². The Labute approximate surface area is 160 Å². The Balaban J connectivity index is 1.47. The number of carbonyl (C=O) groups excluding carboxylic acids is 2. The van der Waals surface area contributed by atoms with Crippen molar-refractivity contribution in [2.45, 2.75) is 6.42 Å². The zero-order valence-corrected chi connectivity index (χ0v) is 15.3. The SMILES string of the molecule is O=C(CCNc1nccs1)Nc1cccc(NC(=O)Nc2ccccc2)c1. The number of benzene rings is 2. The van der Waals surface area contributed by atoms with E-state index in [2.05, 4.69) is 26.3 Å². The summed E-state index contributed by atoms with van der Waals surface area (Å²) >= 11 is 1.49. The van der Waals surface area contributed by atoms with Crippen molar-refractivity contribution < 1.29 is 9.59 Å². The van der Waals surface area contributed by atoms with Gasteiger partial charge in [0, 0.05) is 41.6 Å². The van der Waals surface area contributed by atoms with E-state index >= 15 is 0 Å². The van der Waals surface area contributed by atoms with Crippen LogP contribution in [0.5, 0.6) is 0 Å². The third-order valence-corrected chi connectivity index (χ3v) is 4.23. The van der Waals surface area contributed by atoms with Gasteiger partial charge in [-0.2, -0.15) is 0 Å². The highest BCUT2D eigenvalue weighted by atomic mass is 32.1. The Bertz CT molecular complexity index is 884. The molecule has 0 aliphatic heterocycles. The first-order valence-corrected chi connectivity index (χ1v) is 9.23. The molecule has 0 bridgehead atoms. The first kappa shape index (κ1) is 18.4. The normalized spacial score (nSPS) is 10.1. The summed E-state index contributed by atoms with van der Waals surface area (Å²) in [4.78, 5) is 28.2. The predicted molar refractivity (Wildman–Crippen MR) is 109 cm³/mol. The standard InChI is InChI=1S/C19H19N5O2S/c25-17(9-10-20-19-21-11-12-27-19)22-15-7-4-8-16(13-15)24-18(26)23-14-5-2-1-3-6-14/h1-8,11-13H,9-10H2,(H,20,21)(H,22,25)(H2,23,24,26). The van der Waals surface area contributed by atoms with Crippen molar-refractivity contribution in [2.24, 2.45) is 0 Å². The van der Waals surface area contributed by atoms with Gasteiger partial charge in [-0.1, -0.05) is 24.3 Å². The minimum atomic E-state index is -0.350. The average Bonchev–Trinajstić information content (AvgIpc) is 3.16. The summed E-state index contributed by atoms with van der Waals surface area (Å²) in [5, 5.41) is 14.0. The van der Waals surface area contributed by atoms with Crippen LogP contribution in [-0.2, 0) is 4.79 Å². The van der Waals surface area contributed by atoms with Crippen LogP contribution in [-0.4, -0.2) is 23.5 Å². The van der Waals surface area contributed by atoms with Crippen molar-refractivity contribution in [2.75, 3.05) is 27.8 Å². The summed E-state index contributed by atoms with van der Waals surface area (Å²) in [5.74, 6) is -0.120. The zero-order chi connectivity index (χ0) is 18.9. The Morgan fingerprint density at radius 3 is 2.33 bits per heavy atom. The predicted octanol–water partition coefficient (Wildman–Crippen LogP) is 4.23. The van der Waals surface area contributed by atoms with Gasteiger partial charge in [-0.05, 0) is 30.3 Å². The van der Waals surface area contributed by atoms with Crippen LogP contribution in [0.2, 0.25) is 0 Å². The van der Waals surface area contributed by atoms with E-state index in [0.29, 0.717) is 30.0 Å². The number of nitrogens with zero attached hydrogens (tertiary/aromatic N) is 1. The molecule has 0 radical (unpaired) electrons. The van der Waals surface area contributed by atoms with Crippen LogP contribution in [0.4, 0.5) is 27.0 Å². The van der Waals surface area contributed by atoms with Crippen molar-refractivity contribution in [3.8, 4) is 0 Å². The minimum Gasteiger partial charge on any atom is -0.361 e. The van der Waals surface area contributed by atoms with Crippen LogP contribution in [0.15, 0.2) is 66.2 Å². The lowest BCUT2D eigenvalue weighted by molar-refractivity contribution is -0.115. The zero-order valence-electron chi connectivity index (χ0n) is 14.4. The molecule has 0 fully saturated rings. The van der Waals surface area contributed by atoms with E-state index in [1.807, 2.05) is 23.6 Å². The summed E-state index contributed by atoms with van der Waals surface area (Å²) in [6.07, 6.45) is 2.02. The maximum Gasteiger partial charge on any atom is 0.323 e. The average molecular weight is 381 g/mol. The Morgan fingerprint density at radius 2 is 1.59 bits per heavy atom. The molecule has 3 amide bonds. The van der Waals surface area contributed by atoms with E-state index in [1.54, 1.807) is 42.6 Å². The molecule has 4 N–H and O–H groups in total. The lowest BCUT2D eigenvalue weighted by atomic mass is 10.2. The van der Waals surface area contributed by atoms with Gasteiger partial charge in [0.2, 0.25) is 5.91 Å². The first-order valence-electron chi connectivity index (χ1n) is 8.35. The molecular formula is C19H19N5O2S. The van der Waals surface area contributed by atoms with E-state index < -0.39 is 0 Å². The summed E-state index contributed by atoms with van der Waals surface area (Å²) < 4.78 is 0. The molecule has 138 valence electrons. The maximum atomic E-state index is 12.0. The van der Waals surface area contributed by atoms with Gasteiger partial charge in [-0.25, -0.2) is 9.78 Å². The molecule has 0 saturated heterocycles. The number of amides is 3. The molecule has 0 saturated carbocycles. The molecule has 3 rings (SSSR count). The quantitative estimate of drug-likeness (QED) is 0.493. The van der Waals surface area contributed by atoms with Crippen molar-refractivity contribution in [3.05, 3.63) is 66.2 Å². The molecule has 0 aliphatic carbocycles. The molecule has 3 aromatic rings. The number of para-hydroxylation sites is 1. The van der Waals surface area contributed by atoms with Crippen LogP contribution in [0.3, 0.4) is 0 Å². The van der Waals surface area contributed by atoms with Crippen LogP contribution in [0, 0.1) is 0 Å². The number of hydrogen-bond acceptors (Lipinski definition) is 5. The van der Waals surface area contributed by atoms with Gasteiger partial charge in [0.15, 0.2) is 5.13 Å². The summed E-state index contributed by atoms with van der Waals surface area (Å²) in [6.45, 7) is 0.497. The molecular weight excluding hydrogens is 362 g/mol. The molecule has 2 aromatic carbocycles. The number of anilines is 4. The first-order chi connectivity index (χ1) is 13.2. The highest BCUT2D eigenvalue weighted by Gasteiger charge is 2.06. The second-order valence-corrected chi connectivity index (χ2v) is 6.48. The lowest BCUT2D eigenvalue weighted by Crippen LogP contribution is -2.19. The Morgan fingerprint density at radius 1 is 0.889 bits per heavy atom. The molecule has 0 atom stereocenters.